The maximum atomic E-state index is 13.2. The zero-order valence-corrected chi connectivity index (χ0v) is 19.6. The normalized spacial score (nSPS) is 15.7. The Morgan fingerprint density at radius 2 is 1.61 bits per heavy atom. The SMILES string of the molecule is CSc1ccc(-n2c(-c3ccc(Br)cc3)cc3c2CC(c2ccccc2)CC3=O)cc1. The molecule has 1 aromatic heterocycles. The smallest absolute Gasteiger partial charge is 0.165 e. The summed E-state index contributed by atoms with van der Waals surface area (Å²) in [6.07, 6.45) is 3.50. The van der Waals surface area contributed by atoms with Crippen molar-refractivity contribution in [3.8, 4) is 16.9 Å². The van der Waals surface area contributed by atoms with Crippen LogP contribution < -0.4 is 0 Å². The molecule has 1 aliphatic carbocycles. The standard InChI is InChI=1S/C27H22BrNOS/c1-31-23-13-11-22(12-14-23)29-25(19-7-9-21(28)10-8-19)17-24-26(29)15-20(16-27(24)30)18-5-3-2-4-6-18/h2-14,17,20H,15-16H2,1H3. The van der Waals surface area contributed by atoms with Crippen LogP contribution in [0.3, 0.4) is 0 Å². The molecule has 1 aliphatic rings. The Bertz CT molecular complexity index is 1230. The van der Waals surface area contributed by atoms with Crippen molar-refractivity contribution < 1.29 is 4.79 Å². The largest absolute Gasteiger partial charge is 0.313 e. The molecule has 3 aromatic carbocycles. The molecule has 2 nitrogen and oxygen atoms in total. The molecule has 0 bridgehead atoms. The van der Waals surface area contributed by atoms with E-state index >= 15 is 0 Å². The molecule has 1 heterocycles. The van der Waals surface area contributed by atoms with E-state index in [-0.39, 0.29) is 11.7 Å². The average Bonchev–Trinajstić information content (AvgIpc) is 3.20. The molecular weight excluding hydrogens is 466 g/mol. The van der Waals surface area contributed by atoms with Gasteiger partial charge in [0.1, 0.15) is 0 Å². The molecule has 31 heavy (non-hydrogen) atoms. The molecule has 4 heteroatoms. The highest BCUT2D eigenvalue weighted by Crippen LogP contribution is 2.39. The number of fused-ring (bicyclic) bond motifs is 1. The molecule has 0 saturated carbocycles. The van der Waals surface area contributed by atoms with Gasteiger partial charge in [0.25, 0.3) is 0 Å². The van der Waals surface area contributed by atoms with Crippen LogP contribution in [0.15, 0.2) is 94.3 Å². The van der Waals surface area contributed by atoms with E-state index in [1.807, 2.05) is 6.07 Å². The molecule has 0 amide bonds. The van der Waals surface area contributed by atoms with Crippen molar-refractivity contribution in [2.45, 2.75) is 23.7 Å². The van der Waals surface area contributed by atoms with Crippen molar-refractivity contribution in [3.05, 3.63) is 106 Å². The molecule has 0 N–H and O–H groups in total. The zero-order valence-electron chi connectivity index (χ0n) is 17.2. The molecule has 0 spiro atoms. The Morgan fingerprint density at radius 3 is 2.29 bits per heavy atom. The van der Waals surface area contributed by atoms with Gasteiger partial charge in [0, 0.05) is 32.7 Å². The van der Waals surface area contributed by atoms with Gasteiger partial charge in [0.15, 0.2) is 5.78 Å². The van der Waals surface area contributed by atoms with E-state index in [0.717, 1.165) is 39.1 Å². The number of benzene rings is 3. The first kappa shape index (κ1) is 20.3. The van der Waals surface area contributed by atoms with Crippen molar-refractivity contribution >= 4 is 33.5 Å². The van der Waals surface area contributed by atoms with Crippen molar-refractivity contribution in [2.75, 3.05) is 6.26 Å². The lowest BCUT2D eigenvalue weighted by molar-refractivity contribution is 0.0963. The summed E-state index contributed by atoms with van der Waals surface area (Å²) in [4.78, 5) is 14.5. The van der Waals surface area contributed by atoms with Crippen molar-refractivity contribution in [1.29, 1.82) is 0 Å². The monoisotopic (exact) mass is 487 g/mol. The maximum Gasteiger partial charge on any atom is 0.165 e. The summed E-state index contributed by atoms with van der Waals surface area (Å²) in [5.74, 6) is 0.436. The fraction of sp³-hybridized carbons (Fsp3) is 0.148. The minimum Gasteiger partial charge on any atom is -0.313 e. The van der Waals surface area contributed by atoms with Gasteiger partial charge in [-0.1, -0.05) is 58.4 Å². The second kappa shape index (κ2) is 8.52. The van der Waals surface area contributed by atoms with Crippen LogP contribution >= 0.6 is 27.7 Å². The predicted octanol–water partition coefficient (Wildman–Crippen LogP) is 7.54. The number of carbonyl (C=O) groups is 1. The van der Waals surface area contributed by atoms with Gasteiger partial charge >= 0.3 is 0 Å². The van der Waals surface area contributed by atoms with Crippen LogP contribution in [0.4, 0.5) is 0 Å². The van der Waals surface area contributed by atoms with E-state index in [2.05, 4.69) is 106 Å². The Morgan fingerprint density at radius 1 is 0.903 bits per heavy atom. The van der Waals surface area contributed by atoms with Crippen LogP contribution in [0.1, 0.15) is 34.0 Å². The molecule has 0 aliphatic heterocycles. The van der Waals surface area contributed by atoms with Crippen LogP contribution in [0.25, 0.3) is 16.9 Å². The number of carbonyl (C=O) groups excluding carboxylic acids is 1. The van der Waals surface area contributed by atoms with Crippen LogP contribution in [-0.4, -0.2) is 16.6 Å². The van der Waals surface area contributed by atoms with Crippen LogP contribution in [0.5, 0.6) is 0 Å². The molecule has 0 radical (unpaired) electrons. The van der Waals surface area contributed by atoms with Gasteiger partial charge in [-0.15, -0.1) is 11.8 Å². The minimum atomic E-state index is 0.207. The quantitative estimate of drug-likeness (QED) is 0.277. The molecule has 0 fully saturated rings. The molecule has 1 atom stereocenters. The fourth-order valence-corrected chi connectivity index (χ4v) is 5.13. The second-order valence-corrected chi connectivity index (χ2v) is 9.66. The van der Waals surface area contributed by atoms with E-state index in [0.29, 0.717) is 6.42 Å². The molecular formula is C27H22BrNOS. The van der Waals surface area contributed by atoms with E-state index in [4.69, 9.17) is 0 Å². The summed E-state index contributed by atoms with van der Waals surface area (Å²) in [5.41, 5.74) is 6.47. The molecule has 4 aromatic rings. The number of nitrogens with zero attached hydrogens (tertiary/aromatic N) is 1. The van der Waals surface area contributed by atoms with Gasteiger partial charge in [-0.05, 0) is 72.2 Å². The Labute approximate surface area is 195 Å². The number of thioether (sulfide) groups is 1. The first-order valence-electron chi connectivity index (χ1n) is 10.4. The van der Waals surface area contributed by atoms with Crippen LogP contribution in [0.2, 0.25) is 0 Å². The molecule has 154 valence electrons. The summed E-state index contributed by atoms with van der Waals surface area (Å²) in [6, 6.07) is 29.4. The number of ketones is 1. The maximum absolute atomic E-state index is 13.2. The summed E-state index contributed by atoms with van der Waals surface area (Å²) >= 11 is 5.27. The predicted molar refractivity (Wildman–Crippen MR) is 133 cm³/mol. The number of hydrogen-bond donors (Lipinski definition) is 0. The first-order chi connectivity index (χ1) is 15.1. The van der Waals surface area contributed by atoms with E-state index in [9.17, 15) is 4.79 Å². The van der Waals surface area contributed by atoms with Crippen LogP contribution in [-0.2, 0) is 6.42 Å². The van der Waals surface area contributed by atoms with Gasteiger partial charge in [0.05, 0.1) is 5.69 Å². The molecule has 0 saturated heterocycles. The summed E-state index contributed by atoms with van der Waals surface area (Å²) in [5, 5.41) is 0. The zero-order chi connectivity index (χ0) is 21.4. The Balaban J connectivity index is 1.68. The van der Waals surface area contributed by atoms with Gasteiger partial charge in [-0.3, -0.25) is 4.79 Å². The van der Waals surface area contributed by atoms with Gasteiger partial charge in [-0.2, -0.15) is 0 Å². The van der Waals surface area contributed by atoms with Gasteiger partial charge < -0.3 is 4.57 Å². The summed E-state index contributed by atoms with van der Waals surface area (Å²) in [7, 11) is 0. The van der Waals surface area contributed by atoms with Gasteiger partial charge in [0.2, 0.25) is 0 Å². The number of rotatable bonds is 4. The number of Topliss-reactive ketones (excluding diaryl/α,β-unsaturated/α-hetero) is 1. The average molecular weight is 488 g/mol. The highest BCUT2D eigenvalue weighted by molar-refractivity contribution is 9.10. The lowest BCUT2D eigenvalue weighted by Gasteiger charge is -2.24. The summed E-state index contributed by atoms with van der Waals surface area (Å²) in [6.45, 7) is 0. The lowest BCUT2D eigenvalue weighted by Crippen LogP contribution is -2.20. The highest BCUT2D eigenvalue weighted by atomic mass is 79.9. The van der Waals surface area contributed by atoms with Crippen molar-refractivity contribution in [2.24, 2.45) is 0 Å². The highest BCUT2D eigenvalue weighted by Gasteiger charge is 2.31. The van der Waals surface area contributed by atoms with Gasteiger partial charge in [-0.25, -0.2) is 0 Å². The Hall–Kier alpha value is -2.56. The van der Waals surface area contributed by atoms with Crippen molar-refractivity contribution in [1.82, 2.24) is 4.57 Å². The second-order valence-electron chi connectivity index (χ2n) is 7.87. The third-order valence-electron chi connectivity index (χ3n) is 6.02. The minimum absolute atomic E-state index is 0.207. The third-order valence-corrected chi connectivity index (χ3v) is 7.29. The Kier molecular flexibility index (Phi) is 5.59. The lowest BCUT2D eigenvalue weighted by atomic mass is 9.82. The van der Waals surface area contributed by atoms with E-state index in [1.165, 1.54) is 10.5 Å². The van der Waals surface area contributed by atoms with E-state index in [1.54, 1.807) is 11.8 Å². The molecule has 5 rings (SSSR count). The number of hydrogen-bond acceptors (Lipinski definition) is 2. The topological polar surface area (TPSA) is 22.0 Å². The number of halogens is 1. The molecule has 1 unspecified atom stereocenters. The first-order valence-corrected chi connectivity index (χ1v) is 12.4. The van der Waals surface area contributed by atoms with Crippen molar-refractivity contribution in [3.63, 3.8) is 0 Å². The summed E-state index contributed by atoms with van der Waals surface area (Å²) < 4.78 is 3.33. The fourth-order valence-electron chi connectivity index (χ4n) is 4.45. The number of aromatic nitrogens is 1. The van der Waals surface area contributed by atoms with E-state index < -0.39 is 0 Å². The third kappa shape index (κ3) is 3.90. The van der Waals surface area contributed by atoms with Crippen LogP contribution in [0, 0.1) is 0 Å².